The largest absolute Gasteiger partial charge is 0.379 e. The number of nitrogens with zero attached hydrogens (tertiary/aromatic N) is 3. The highest BCUT2D eigenvalue weighted by atomic mass is 32.2. The number of anilines is 1. The van der Waals surface area contributed by atoms with Gasteiger partial charge in [-0.1, -0.05) is 41.3 Å². The average molecular weight is 823 g/mol. The number of urea groups is 1. The van der Waals surface area contributed by atoms with Crippen molar-refractivity contribution >= 4 is 85.7 Å². The molecule has 3 atom stereocenters. The first kappa shape index (κ1) is 39.1. The van der Waals surface area contributed by atoms with Crippen LogP contribution in [0, 0.1) is 6.92 Å². The van der Waals surface area contributed by atoms with Crippen LogP contribution in [0.2, 0.25) is 0 Å². The van der Waals surface area contributed by atoms with Crippen molar-refractivity contribution in [3.63, 3.8) is 0 Å². The Morgan fingerprint density at radius 3 is 2.69 bits per heavy atom. The number of rotatable bonds is 17. The molecule has 5 N–H and O–H groups in total. The van der Waals surface area contributed by atoms with Crippen LogP contribution in [0.5, 0.6) is 0 Å². The summed E-state index contributed by atoms with van der Waals surface area (Å²) in [5.74, 6) is 1.30. The van der Waals surface area contributed by atoms with Crippen molar-refractivity contribution in [2.45, 2.75) is 73.0 Å². The molecular formula is C37H42N8O6S4. The molecule has 2 aromatic carbocycles. The minimum atomic E-state index is -0.237. The molecule has 0 radical (unpaired) electrons. The van der Waals surface area contributed by atoms with Gasteiger partial charge in [0.2, 0.25) is 17.7 Å². The number of amides is 5. The van der Waals surface area contributed by atoms with Gasteiger partial charge in [-0.3, -0.25) is 23.7 Å². The highest BCUT2D eigenvalue weighted by Gasteiger charge is 2.42. The van der Waals surface area contributed by atoms with Gasteiger partial charge in [-0.15, -0.1) is 11.8 Å². The number of nitrogens with one attached hydrogen (secondary N) is 5. The fourth-order valence-corrected chi connectivity index (χ4v) is 10.9. The summed E-state index contributed by atoms with van der Waals surface area (Å²) >= 11 is 5.96. The number of thiazole rings is 1. The summed E-state index contributed by atoms with van der Waals surface area (Å²) in [7, 11) is 0. The molecule has 7 rings (SSSR count). The van der Waals surface area contributed by atoms with Crippen LogP contribution in [0.25, 0.3) is 15.9 Å². The van der Waals surface area contributed by atoms with E-state index in [1.54, 1.807) is 4.57 Å². The SMILES string of the molecule is Cc1ccc2nc(NC(=O)CSc3nc4c(c(=O)n3-c3ccc(CNC(=O)CCOCCNC(=O)CCCC5SCC6NC(=O)NC65)cc3)SCC4)sc2c1. The second-order valence-electron chi connectivity index (χ2n) is 13.4. The Morgan fingerprint density at radius 2 is 1.84 bits per heavy atom. The first-order valence-electron chi connectivity index (χ1n) is 18.2. The summed E-state index contributed by atoms with van der Waals surface area (Å²) in [5, 5.41) is 15.8. The molecule has 4 aromatic rings. The molecule has 2 fully saturated rings. The maximum Gasteiger partial charge on any atom is 0.315 e. The maximum absolute atomic E-state index is 13.6. The second-order valence-corrected chi connectivity index (χ2v) is 17.8. The number of fused-ring (bicyclic) bond motifs is 3. The standard InChI is InChI=1S/C37H42N8O6S4/c1-21-5-10-24-28(17-21)55-36(41-24)43-31(48)20-54-37-42-25-12-16-52-33(25)34(49)45(37)23-8-6-22(7-9-23)18-39-30(47)11-14-51-15-13-38-29(46)4-2-3-27-32-26(19-53-27)40-35(50)44-32/h5-10,17,26-27,32H,2-4,11-16,18-20H2,1H3,(H,38,46)(H,39,47)(H2,40,44,50)(H,41,43,48). The number of hydrogen-bond acceptors (Lipinski definition) is 12. The Balaban J connectivity index is 0.824. The summed E-state index contributed by atoms with van der Waals surface area (Å²) < 4.78 is 8.11. The van der Waals surface area contributed by atoms with Crippen molar-refractivity contribution in [1.82, 2.24) is 35.8 Å². The van der Waals surface area contributed by atoms with Crippen LogP contribution in [0.15, 0.2) is 57.3 Å². The Kier molecular flexibility index (Phi) is 13.0. The quantitative estimate of drug-likeness (QED) is 0.0449. The van der Waals surface area contributed by atoms with Crippen molar-refractivity contribution in [1.29, 1.82) is 0 Å². The normalized spacial score (nSPS) is 18.4. The van der Waals surface area contributed by atoms with Crippen LogP contribution in [0.4, 0.5) is 9.93 Å². The summed E-state index contributed by atoms with van der Waals surface area (Å²) in [6.07, 6.45) is 2.92. The van der Waals surface area contributed by atoms with Gasteiger partial charge in [0.25, 0.3) is 5.56 Å². The average Bonchev–Trinajstić information content (AvgIpc) is 3.96. The minimum absolute atomic E-state index is 0.0364. The van der Waals surface area contributed by atoms with E-state index in [2.05, 4.69) is 31.6 Å². The van der Waals surface area contributed by atoms with E-state index < -0.39 is 0 Å². The monoisotopic (exact) mass is 822 g/mol. The topological polar surface area (TPSA) is 185 Å². The van der Waals surface area contributed by atoms with E-state index in [1.807, 2.05) is 61.2 Å². The number of benzene rings is 2. The summed E-state index contributed by atoms with van der Waals surface area (Å²) in [6.45, 7) is 3.23. The molecule has 0 bridgehead atoms. The van der Waals surface area contributed by atoms with Crippen molar-refractivity contribution in [3.8, 4) is 5.69 Å². The van der Waals surface area contributed by atoms with Crippen LogP contribution in [0.3, 0.4) is 0 Å². The fraction of sp³-hybridized carbons (Fsp3) is 0.432. The zero-order valence-corrected chi connectivity index (χ0v) is 33.4. The van der Waals surface area contributed by atoms with Gasteiger partial charge < -0.3 is 31.3 Å². The Bertz CT molecular complexity index is 2130. The first-order chi connectivity index (χ1) is 26.7. The van der Waals surface area contributed by atoms with Gasteiger partial charge in [-0.25, -0.2) is 14.8 Å². The number of aryl methyl sites for hydroxylation is 2. The van der Waals surface area contributed by atoms with Crippen LogP contribution in [-0.2, 0) is 32.1 Å². The maximum atomic E-state index is 13.6. The van der Waals surface area contributed by atoms with Gasteiger partial charge in [0.05, 0.1) is 57.5 Å². The smallest absolute Gasteiger partial charge is 0.315 e. The van der Waals surface area contributed by atoms with Gasteiger partial charge in [0.1, 0.15) is 0 Å². The van der Waals surface area contributed by atoms with Crippen LogP contribution in [-0.4, -0.2) is 92.6 Å². The van der Waals surface area contributed by atoms with E-state index in [0.717, 1.165) is 51.4 Å². The third kappa shape index (κ3) is 10.0. The zero-order chi connectivity index (χ0) is 38.3. The highest BCUT2D eigenvalue weighted by Crippen LogP contribution is 2.33. The molecule has 0 aliphatic carbocycles. The molecule has 3 aliphatic rings. The van der Waals surface area contributed by atoms with Crippen LogP contribution < -0.4 is 32.1 Å². The van der Waals surface area contributed by atoms with Crippen molar-refractivity contribution in [2.75, 3.05) is 42.3 Å². The van der Waals surface area contributed by atoms with Crippen molar-refractivity contribution in [2.24, 2.45) is 0 Å². The van der Waals surface area contributed by atoms with Gasteiger partial charge >= 0.3 is 6.03 Å². The Labute approximate surface area is 334 Å². The number of carbonyl (C=O) groups is 4. The predicted molar refractivity (Wildman–Crippen MR) is 218 cm³/mol. The molecule has 55 heavy (non-hydrogen) atoms. The lowest BCUT2D eigenvalue weighted by Crippen LogP contribution is -2.37. The number of thioether (sulfide) groups is 3. The molecule has 290 valence electrons. The van der Waals surface area contributed by atoms with Gasteiger partial charge in [-0.2, -0.15) is 11.8 Å². The molecule has 0 spiro atoms. The van der Waals surface area contributed by atoms with Crippen molar-refractivity contribution < 1.29 is 23.9 Å². The van der Waals surface area contributed by atoms with E-state index in [4.69, 9.17) is 9.72 Å². The Hall–Kier alpha value is -4.10. The third-order valence-corrected chi connectivity index (χ3v) is 13.8. The summed E-state index contributed by atoms with van der Waals surface area (Å²) in [5.41, 5.74) is 4.03. The lowest BCUT2D eigenvalue weighted by atomic mass is 10.0. The summed E-state index contributed by atoms with van der Waals surface area (Å²) in [4.78, 5) is 72.8. The van der Waals surface area contributed by atoms with Gasteiger partial charge in [0, 0.05) is 49.1 Å². The molecule has 2 aromatic heterocycles. The van der Waals surface area contributed by atoms with E-state index in [9.17, 15) is 24.0 Å². The second kappa shape index (κ2) is 18.2. The van der Waals surface area contributed by atoms with Gasteiger partial charge in [0.15, 0.2) is 10.3 Å². The molecule has 18 heteroatoms. The third-order valence-electron chi connectivity index (χ3n) is 9.35. The fourth-order valence-electron chi connectivity index (χ4n) is 6.56. The van der Waals surface area contributed by atoms with Crippen LogP contribution in [0.1, 0.15) is 42.5 Å². The molecule has 5 heterocycles. The first-order valence-corrected chi connectivity index (χ1v) is 22.0. The predicted octanol–water partition coefficient (Wildman–Crippen LogP) is 4.00. The molecule has 2 saturated heterocycles. The summed E-state index contributed by atoms with van der Waals surface area (Å²) in [6, 6.07) is 13.5. The molecule has 5 amide bonds. The Morgan fingerprint density at radius 1 is 1.00 bits per heavy atom. The highest BCUT2D eigenvalue weighted by molar-refractivity contribution is 8.00. The van der Waals surface area contributed by atoms with E-state index >= 15 is 0 Å². The van der Waals surface area contributed by atoms with E-state index in [1.165, 1.54) is 34.9 Å². The zero-order valence-electron chi connectivity index (χ0n) is 30.2. The minimum Gasteiger partial charge on any atom is -0.379 e. The molecule has 0 saturated carbocycles. The number of hydrogen-bond donors (Lipinski definition) is 5. The van der Waals surface area contributed by atoms with Crippen molar-refractivity contribution in [3.05, 3.63) is 69.6 Å². The molecular weight excluding hydrogens is 781 g/mol. The number of ether oxygens (including phenoxy) is 1. The van der Waals surface area contributed by atoms with E-state index in [0.29, 0.717) is 58.7 Å². The molecule has 14 nitrogen and oxygen atoms in total. The molecule has 3 unspecified atom stereocenters. The van der Waals surface area contributed by atoms with E-state index in [-0.39, 0.29) is 60.2 Å². The van der Waals surface area contributed by atoms with Gasteiger partial charge in [-0.05, 0) is 55.2 Å². The molecule has 3 aliphatic heterocycles. The number of aromatic nitrogens is 3. The lowest BCUT2D eigenvalue weighted by molar-refractivity contribution is -0.123. The lowest BCUT2D eigenvalue weighted by Gasteiger charge is -2.16. The van der Waals surface area contributed by atoms with Crippen LogP contribution >= 0.6 is 46.6 Å². The number of carbonyl (C=O) groups excluding carboxylic acids is 4.